The van der Waals surface area contributed by atoms with Gasteiger partial charge in [-0.25, -0.2) is 0 Å². The van der Waals surface area contributed by atoms with Gasteiger partial charge in [0.25, 0.3) is 5.69 Å². The van der Waals surface area contributed by atoms with Crippen LogP contribution in [-0.2, 0) is 14.3 Å². The van der Waals surface area contributed by atoms with Crippen LogP contribution in [0.2, 0.25) is 0 Å². The van der Waals surface area contributed by atoms with Crippen molar-refractivity contribution in [1.82, 2.24) is 0 Å². The molecule has 1 rings (SSSR count). The number of aromatic hydroxyl groups is 1. The smallest absolute Gasteiger partial charge is 0.315 e. The van der Waals surface area contributed by atoms with Crippen molar-refractivity contribution in [1.29, 1.82) is 0 Å². The van der Waals surface area contributed by atoms with Gasteiger partial charge in [0.15, 0.2) is 0 Å². The van der Waals surface area contributed by atoms with E-state index in [1.807, 2.05) is 0 Å². The molecule has 8 nitrogen and oxygen atoms in total. The summed E-state index contributed by atoms with van der Waals surface area (Å²) in [6, 6.07) is 3.17. The maximum absolute atomic E-state index is 11.4. The molecular formula is C11H12N2O6. The average Bonchev–Trinajstić information content (AvgIpc) is 2.31. The number of benzene rings is 1. The summed E-state index contributed by atoms with van der Waals surface area (Å²) in [6.07, 6.45) is -0.532. The molecule has 0 unspecified atom stereocenters. The van der Waals surface area contributed by atoms with Crippen molar-refractivity contribution in [2.75, 3.05) is 11.9 Å². The summed E-state index contributed by atoms with van der Waals surface area (Å²) < 4.78 is 4.57. The summed E-state index contributed by atoms with van der Waals surface area (Å²) in [5.41, 5.74) is -0.423. The number of nitro benzene ring substituents is 1. The van der Waals surface area contributed by atoms with E-state index < -0.39 is 23.2 Å². The minimum Gasteiger partial charge on any atom is -0.506 e. The molecule has 0 aliphatic heterocycles. The molecule has 0 aromatic heterocycles. The normalized spacial score (nSPS) is 9.74. The summed E-state index contributed by atoms with van der Waals surface area (Å²) in [4.78, 5) is 32.4. The van der Waals surface area contributed by atoms with Gasteiger partial charge < -0.3 is 15.2 Å². The van der Waals surface area contributed by atoms with E-state index in [0.29, 0.717) is 0 Å². The Balaban J connectivity index is 2.76. The van der Waals surface area contributed by atoms with E-state index in [9.17, 15) is 24.8 Å². The van der Waals surface area contributed by atoms with Gasteiger partial charge in [-0.2, -0.15) is 0 Å². The van der Waals surface area contributed by atoms with Gasteiger partial charge in [-0.15, -0.1) is 0 Å². The number of esters is 1. The lowest BCUT2D eigenvalue weighted by Gasteiger charge is -2.06. The van der Waals surface area contributed by atoms with Crippen LogP contribution in [0.4, 0.5) is 11.4 Å². The molecule has 0 heterocycles. The molecule has 0 bridgehead atoms. The zero-order valence-electron chi connectivity index (χ0n) is 10.1. The summed E-state index contributed by atoms with van der Waals surface area (Å²) in [5.74, 6) is -1.78. The molecule has 2 N–H and O–H groups in total. The van der Waals surface area contributed by atoms with Gasteiger partial charge >= 0.3 is 5.97 Å². The SMILES string of the molecule is CCOC(=O)CC(=O)Nc1cc([N+](=O)[O-])ccc1O. The van der Waals surface area contributed by atoms with E-state index in [-0.39, 0.29) is 23.7 Å². The predicted molar refractivity (Wildman–Crippen MR) is 64.6 cm³/mol. The number of anilines is 1. The number of nitro groups is 1. The largest absolute Gasteiger partial charge is 0.506 e. The monoisotopic (exact) mass is 268 g/mol. The van der Waals surface area contributed by atoms with Gasteiger partial charge in [0, 0.05) is 12.1 Å². The summed E-state index contributed by atoms with van der Waals surface area (Å²) in [7, 11) is 0. The van der Waals surface area contributed by atoms with Crippen LogP contribution in [0.1, 0.15) is 13.3 Å². The van der Waals surface area contributed by atoms with Crippen molar-refractivity contribution in [3.8, 4) is 5.75 Å². The van der Waals surface area contributed by atoms with Crippen molar-refractivity contribution >= 4 is 23.3 Å². The Hall–Kier alpha value is -2.64. The minimum atomic E-state index is -0.728. The number of nitrogens with zero attached hydrogens (tertiary/aromatic N) is 1. The highest BCUT2D eigenvalue weighted by molar-refractivity contribution is 6.02. The Bertz CT molecular complexity index is 514. The van der Waals surface area contributed by atoms with Crippen LogP contribution >= 0.6 is 0 Å². The standard InChI is InChI=1S/C11H12N2O6/c1-2-19-11(16)6-10(15)12-8-5-7(13(17)18)3-4-9(8)14/h3-5,14H,2,6H2,1H3,(H,12,15). The first-order valence-electron chi connectivity index (χ1n) is 5.37. The molecule has 0 radical (unpaired) electrons. The highest BCUT2D eigenvalue weighted by Gasteiger charge is 2.15. The lowest BCUT2D eigenvalue weighted by Crippen LogP contribution is -2.18. The zero-order valence-corrected chi connectivity index (χ0v) is 10.1. The second-order valence-corrected chi connectivity index (χ2v) is 3.49. The number of ether oxygens (including phenoxy) is 1. The lowest BCUT2D eigenvalue weighted by molar-refractivity contribution is -0.384. The molecule has 19 heavy (non-hydrogen) atoms. The number of carbonyl (C=O) groups is 2. The van der Waals surface area contributed by atoms with E-state index in [2.05, 4.69) is 10.1 Å². The summed E-state index contributed by atoms with van der Waals surface area (Å²) in [5, 5.41) is 22.2. The number of nitrogens with one attached hydrogen (secondary N) is 1. The fourth-order valence-corrected chi connectivity index (χ4v) is 1.28. The van der Waals surface area contributed by atoms with E-state index in [0.717, 1.165) is 18.2 Å². The summed E-state index contributed by atoms with van der Waals surface area (Å²) >= 11 is 0. The third-order valence-corrected chi connectivity index (χ3v) is 2.08. The number of carbonyl (C=O) groups excluding carboxylic acids is 2. The van der Waals surface area contributed by atoms with Gasteiger partial charge in [-0.3, -0.25) is 19.7 Å². The van der Waals surface area contributed by atoms with Crippen molar-refractivity contribution in [3.05, 3.63) is 28.3 Å². The van der Waals surface area contributed by atoms with E-state index in [1.54, 1.807) is 6.92 Å². The van der Waals surface area contributed by atoms with Gasteiger partial charge in [0.1, 0.15) is 12.2 Å². The topological polar surface area (TPSA) is 119 Å². The maximum Gasteiger partial charge on any atom is 0.315 e. The van der Waals surface area contributed by atoms with Crippen molar-refractivity contribution in [2.45, 2.75) is 13.3 Å². The number of amides is 1. The number of rotatable bonds is 5. The number of hydrogen-bond donors (Lipinski definition) is 2. The quantitative estimate of drug-likeness (QED) is 0.272. The van der Waals surface area contributed by atoms with Gasteiger partial charge in [0.2, 0.25) is 5.91 Å². The molecule has 0 atom stereocenters. The Kier molecular flexibility index (Phi) is 4.81. The molecule has 8 heteroatoms. The predicted octanol–water partition coefficient (Wildman–Crippen LogP) is 1.19. The van der Waals surface area contributed by atoms with Crippen LogP contribution in [0.3, 0.4) is 0 Å². The van der Waals surface area contributed by atoms with Crippen LogP contribution in [0.5, 0.6) is 5.75 Å². The average molecular weight is 268 g/mol. The molecule has 102 valence electrons. The Morgan fingerprint density at radius 2 is 2.16 bits per heavy atom. The number of hydrogen-bond acceptors (Lipinski definition) is 6. The number of phenols is 1. The minimum absolute atomic E-state index is 0.136. The van der Waals surface area contributed by atoms with Crippen molar-refractivity contribution in [3.63, 3.8) is 0 Å². The second kappa shape index (κ2) is 6.34. The number of phenolic OH excluding ortho intramolecular Hbond substituents is 1. The third-order valence-electron chi connectivity index (χ3n) is 2.08. The first kappa shape index (κ1) is 14.4. The van der Waals surface area contributed by atoms with Crippen LogP contribution in [0.15, 0.2) is 18.2 Å². The highest BCUT2D eigenvalue weighted by Crippen LogP contribution is 2.27. The molecule has 0 aliphatic carbocycles. The van der Waals surface area contributed by atoms with Gasteiger partial charge in [0.05, 0.1) is 17.2 Å². The molecule has 1 amide bonds. The summed E-state index contributed by atoms with van der Waals surface area (Å²) in [6.45, 7) is 1.75. The first-order valence-corrected chi connectivity index (χ1v) is 5.37. The molecule has 1 aromatic rings. The maximum atomic E-state index is 11.4. The third kappa shape index (κ3) is 4.26. The van der Waals surface area contributed by atoms with Crippen molar-refractivity contribution in [2.24, 2.45) is 0 Å². The van der Waals surface area contributed by atoms with Crippen LogP contribution < -0.4 is 5.32 Å². The molecule has 0 saturated carbocycles. The van der Waals surface area contributed by atoms with E-state index in [4.69, 9.17) is 0 Å². The molecule has 0 saturated heterocycles. The van der Waals surface area contributed by atoms with Gasteiger partial charge in [-0.05, 0) is 13.0 Å². The van der Waals surface area contributed by atoms with Crippen LogP contribution in [0.25, 0.3) is 0 Å². The van der Waals surface area contributed by atoms with E-state index >= 15 is 0 Å². The first-order chi connectivity index (χ1) is 8.93. The van der Waals surface area contributed by atoms with Gasteiger partial charge in [-0.1, -0.05) is 0 Å². The fourth-order valence-electron chi connectivity index (χ4n) is 1.28. The molecule has 0 aliphatic rings. The lowest BCUT2D eigenvalue weighted by atomic mass is 10.2. The molecule has 1 aromatic carbocycles. The molecule has 0 spiro atoms. The zero-order chi connectivity index (χ0) is 14.4. The molecular weight excluding hydrogens is 256 g/mol. The van der Waals surface area contributed by atoms with E-state index in [1.165, 1.54) is 0 Å². The Labute approximate surface area is 108 Å². The number of non-ortho nitro benzene ring substituents is 1. The highest BCUT2D eigenvalue weighted by atomic mass is 16.6. The fraction of sp³-hybridized carbons (Fsp3) is 0.273. The van der Waals surface area contributed by atoms with Crippen molar-refractivity contribution < 1.29 is 24.4 Å². The van der Waals surface area contributed by atoms with Crippen LogP contribution in [-0.4, -0.2) is 28.5 Å². The second-order valence-electron chi connectivity index (χ2n) is 3.49. The van der Waals surface area contributed by atoms with Crippen LogP contribution in [0, 0.1) is 10.1 Å². The Morgan fingerprint density at radius 1 is 1.47 bits per heavy atom. The molecule has 0 fully saturated rings. The Morgan fingerprint density at radius 3 is 2.74 bits per heavy atom.